The van der Waals surface area contributed by atoms with E-state index in [1.165, 1.54) is 19.4 Å². The molecule has 4 heteroatoms. The van der Waals surface area contributed by atoms with Crippen molar-refractivity contribution < 1.29 is 9.53 Å². The summed E-state index contributed by atoms with van der Waals surface area (Å²) in [7, 11) is 0. The molecule has 0 atom stereocenters. The van der Waals surface area contributed by atoms with Gasteiger partial charge in [0.05, 0.1) is 0 Å². The molecule has 1 aliphatic heterocycles. The van der Waals surface area contributed by atoms with Crippen LogP contribution in [-0.4, -0.2) is 49.7 Å². The number of piperidine rings is 1. The van der Waals surface area contributed by atoms with Gasteiger partial charge in [-0.3, -0.25) is 4.79 Å². The summed E-state index contributed by atoms with van der Waals surface area (Å²) in [5, 5.41) is 3.62. The van der Waals surface area contributed by atoms with Crippen LogP contribution in [0.3, 0.4) is 0 Å². The number of hydrogen-bond donors (Lipinski definition) is 1. The molecule has 0 aromatic heterocycles. The van der Waals surface area contributed by atoms with E-state index in [0.29, 0.717) is 12.6 Å². The first-order valence-corrected chi connectivity index (χ1v) is 6.88. The molecule has 1 saturated carbocycles. The van der Waals surface area contributed by atoms with Gasteiger partial charge < -0.3 is 15.0 Å². The van der Waals surface area contributed by atoms with Crippen molar-refractivity contribution in [3.63, 3.8) is 0 Å². The van der Waals surface area contributed by atoms with Gasteiger partial charge in [-0.2, -0.15) is 0 Å². The Hall–Kier alpha value is -0.610. The van der Waals surface area contributed by atoms with Crippen LogP contribution in [0.4, 0.5) is 0 Å². The van der Waals surface area contributed by atoms with Crippen LogP contribution in [-0.2, 0) is 9.53 Å². The average Bonchev–Trinajstić information content (AvgIpc) is 3.18. The van der Waals surface area contributed by atoms with Gasteiger partial charge in [0.1, 0.15) is 6.61 Å². The third-order valence-electron chi connectivity index (χ3n) is 3.67. The van der Waals surface area contributed by atoms with Gasteiger partial charge in [0.2, 0.25) is 5.91 Å². The molecular formula is C13H24N2O2. The molecule has 98 valence electrons. The summed E-state index contributed by atoms with van der Waals surface area (Å²) in [6, 6.07) is 0.617. The van der Waals surface area contributed by atoms with Crippen molar-refractivity contribution in [2.45, 2.75) is 38.6 Å². The van der Waals surface area contributed by atoms with Gasteiger partial charge in [-0.25, -0.2) is 0 Å². The number of rotatable bonds is 6. The normalized spacial score (nSPS) is 21.8. The van der Waals surface area contributed by atoms with Crippen LogP contribution >= 0.6 is 0 Å². The molecule has 0 bridgehead atoms. The minimum absolute atomic E-state index is 0.146. The number of carbonyl (C=O) groups is 1. The maximum atomic E-state index is 11.7. The molecular weight excluding hydrogens is 216 g/mol. The van der Waals surface area contributed by atoms with Gasteiger partial charge >= 0.3 is 0 Å². The number of ether oxygens (including phenoxy) is 1. The Labute approximate surface area is 104 Å². The Kier molecular flexibility index (Phi) is 4.80. The number of hydrogen-bond acceptors (Lipinski definition) is 3. The SMILES string of the molecule is CCOCC(=O)N1CCC(NCC2CC2)CC1. The Morgan fingerprint density at radius 2 is 2.00 bits per heavy atom. The highest BCUT2D eigenvalue weighted by Crippen LogP contribution is 2.28. The first kappa shape index (κ1) is 12.8. The number of carbonyl (C=O) groups excluding carboxylic acids is 1. The molecule has 2 fully saturated rings. The van der Waals surface area contributed by atoms with Gasteiger partial charge in [-0.05, 0) is 45.1 Å². The lowest BCUT2D eigenvalue weighted by molar-refractivity contribution is -0.137. The predicted octanol–water partition coefficient (Wildman–Crippen LogP) is 1.01. The Morgan fingerprint density at radius 3 is 2.59 bits per heavy atom. The maximum absolute atomic E-state index is 11.7. The molecule has 0 aromatic rings. The Morgan fingerprint density at radius 1 is 1.29 bits per heavy atom. The minimum Gasteiger partial charge on any atom is -0.372 e. The maximum Gasteiger partial charge on any atom is 0.248 e. The predicted molar refractivity (Wildman–Crippen MR) is 66.8 cm³/mol. The molecule has 2 aliphatic rings. The summed E-state index contributed by atoms with van der Waals surface area (Å²) >= 11 is 0. The van der Waals surface area contributed by atoms with E-state index >= 15 is 0 Å². The lowest BCUT2D eigenvalue weighted by Crippen LogP contribution is -2.46. The van der Waals surface area contributed by atoms with Crippen molar-refractivity contribution >= 4 is 5.91 Å². The number of nitrogens with zero attached hydrogens (tertiary/aromatic N) is 1. The van der Waals surface area contributed by atoms with E-state index in [1.807, 2.05) is 11.8 Å². The Balaban J connectivity index is 1.60. The van der Waals surface area contributed by atoms with Gasteiger partial charge in [0.15, 0.2) is 0 Å². The highest BCUT2D eigenvalue weighted by atomic mass is 16.5. The lowest BCUT2D eigenvalue weighted by Gasteiger charge is -2.32. The van der Waals surface area contributed by atoms with E-state index in [1.54, 1.807) is 0 Å². The Bertz CT molecular complexity index is 246. The van der Waals surface area contributed by atoms with Crippen molar-refractivity contribution in [3.8, 4) is 0 Å². The number of amides is 1. The van der Waals surface area contributed by atoms with Crippen molar-refractivity contribution in [1.82, 2.24) is 10.2 Å². The molecule has 0 spiro atoms. The van der Waals surface area contributed by atoms with E-state index in [4.69, 9.17) is 4.74 Å². The molecule has 0 unspecified atom stereocenters. The van der Waals surface area contributed by atoms with Gasteiger partial charge in [-0.15, -0.1) is 0 Å². The fourth-order valence-electron chi connectivity index (χ4n) is 2.27. The van der Waals surface area contributed by atoms with Crippen LogP contribution in [0.25, 0.3) is 0 Å². The smallest absolute Gasteiger partial charge is 0.248 e. The average molecular weight is 240 g/mol. The first-order chi connectivity index (χ1) is 8.29. The topological polar surface area (TPSA) is 41.6 Å². The van der Waals surface area contributed by atoms with Crippen molar-refractivity contribution in [2.75, 3.05) is 32.8 Å². The molecule has 4 nitrogen and oxygen atoms in total. The largest absolute Gasteiger partial charge is 0.372 e. The summed E-state index contributed by atoms with van der Waals surface area (Å²) in [4.78, 5) is 13.7. The van der Waals surface area contributed by atoms with Crippen molar-refractivity contribution in [3.05, 3.63) is 0 Å². The summed E-state index contributed by atoms with van der Waals surface area (Å²) in [6.45, 7) is 5.73. The third-order valence-corrected chi connectivity index (χ3v) is 3.67. The molecule has 2 rings (SSSR count). The van der Waals surface area contributed by atoms with Crippen LogP contribution in [0, 0.1) is 5.92 Å². The number of likely N-dealkylation sites (tertiary alicyclic amines) is 1. The van der Waals surface area contributed by atoms with Crippen LogP contribution in [0.5, 0.6) is 0 Å². The molecule has 17 heavy (non-hydrogen) atoms. The highest BCUT2D eigenvalue weighted by Gasteiger charge is 2.25. The van der Waals surface area contributed by atoms with Gasteiger partial charge in [-0.1, -0.05) is 0 Å². The third kappa shape index (κ3) is 4.28. The second-order valence-electron chi connectivity index (χ2n) is 5.14. The van der Waals surface area contributed by atoms with Crippen molar-refractivity contribution in [1.29, 1.82) is 0 Å². The minimum atomic E-state index is 0.146. The summed E-state index contributed by atoms with van der Waals surface area (Å²) in [5.74, 6) is 1.08. The molecule has 1 heterocycles. The summed E-state index contributed by atoms with van der Waals surface area (Å²) < 4.78 is 5.16. The molecule has 0 aromatic carbocycles. The van der Waals surface area contributed by atoms with Gasteiger partial charge in [0, 0.05) is 25.7 Å². The second-order valence-corrected chi connectivity index (χ2v) is 5.14. The zero-order valence-electron chi connectivity index (χ0n) is 10.8. The van der Waals surface area contributed by atoms with E-state index in [0.717, 1.165) is 31.8 Å². The standard InChI is InChI=1S/C13H24N2O2/c1-2-17-10-13(16)15-7-5-12(6-8-15)14-9-11-3-4-11/h11-12,14H,2-10H2,1H3. The molecule has 1 amide bonds. The van der Waals surface area contributed by atoms with E-state index in [-0.39, 0.29) is 12.5 Å². The highest BCUT2D eigenvalue weighted by molar-refractivity contribution is 5.77. The van der Waals surface area contributed by atoms with E-state index in [9.17, 15) is 4.79 Å². The van der Waals surface area contributed by atoms with Crippen LogP contribution < -0.4 is 5.32 Å². The monoisotopic (exact) mass is 240 g/mol. The number of nitrogens with one attached hydrogen (secondary N) is 1. The van der Waals surface area contributed by atoms with Crippen LogP contribution in [0.2, 0.25) is 0 Å². The summed E-state index contributed by atoms with van der Waals surface area (Å²) in [5.41, 5.74) is 0. The fourth-order valence-corrected chi connectivity index (χ4v) is 2.27. The molecule has 1 N–H and O–H groups in total. The second kappa shape index (κ2) is 6.36. The van der Waals surface area contributed by atoms with E-state index < -0.39 is 0 Å². The zero-order valence-corrected chi connectivity index (χ0v) is 10.8. The molecule has 1 aliphatic carbocycles. The fraction of sp³-hybridized carbons (Fsp3) is 0.923. The van der Waals surface area contributed by atoms with Crippen LogP contribution in [0.15, 0.2) is 0 Å². The molecule has 0 radical (unpaired) electrons. The molecule has 1 saturated heterocycles. The zero-order chi connectivity index (χ0) is 12.1. The van der Waals surface area contributed by atoms with E-state index in [2.05, 4.69) is 5.32 Å². The first-order valence-electron chi connectivity index (χ1n) is 6.88. The van der Waals surface area contributed by atoms with Crippen LogP contribution in [0.1, 0.15) is 32.6 Å². The van der Waals surface area contributed by atoms with Gasteiger partial charge in [0.25, 0.3) is 0 Å². The van der Waals surface area contributed by atoms with Crippen molar-refractivity contribution in [2.24, 2.45) is 5.92 Å². The lowest BCUT2D eigenvalue weighted by atomic mass is 10.0. The quantitative estimate of drug-likeness (QED) is 0.753. The summed E-state index contributed by atoms with van der Waals surface area (Å²) in [6.07, 6.45) is 4.98.